The second-order valence-electron chi connectivity index (χ2n) is 14.1. The molecular weight excluding hydrogens is 577 g/mol. The van der Waals surface area contributed by atoms with Crippen LogP contribution in [0.2, 0.25) is 0 Å². The van der Waals surface area contributed by atoms with E-state index in [1.165, 1.54) is 92.8 Å². The Bertz CT molecular complexity index is 2670. The molecule has 0 nitrogen and oxygen atoms in total. The first kappa shape index (κ1) is 28.5. The average Bonchev–Trinajstić information content (AvgIpc) is 3.13. The van der Waals surface area contributed by atoms with Crippen LogP contribution in [0.3, 0.4) is 0 Å². The Morgan fingerprint density at radius 3 is 1.33 bits per heavy atom. The molecule has 0 heteroatoms. The minimum Gasteiger partial charge on any atom is -0.0622 e. The van der Waals surface area contributed by atoms with Gasteiger partial charge in [-0.15, -0.1) is 0 Å². The van der Waals surface area contributed by atoms with E-state index in [2.05, 4.69) is 185 Å². The average molecular weight is 613 g/mol. The Hall–Kier alpha value is -5.72. The van der Waals surface area contributed by atoms with Crippen LogP contribution in [0, 0.1) is 0 Å². The van der Waals surface area contributed by atoms with Gasteiger partial charge in [0.15, 0.2) is 0 Å². The summed E-state index contributed by atoms with van der Waals surface area (Å²) in [6.07, 6.45) is 0. The van der Waals surface area contributed by atoms with Gasteiger partial charge in [-0.1, -0.05) is 172 Å². The fourth-order valence-corrected chi connectivity index (χ4v) is 7.87. The molecule has 0 bridgehead atoms. The van der Waals surface area contributed by atoms with E-state index in [1.807, 2.05) is 0 Å². The lowest BCUT2D eigenvalue weighted by atomic mass is 9.79. The van der Waals surface area contributed by atoms with E-state index in [4.69, 9.17) is 0 Å². The number of fused-ring (bicyclic) bond motifs is 8. The molecule has 0 aliphatic carbocycles. The van der Waals surface area contributed by atoms with Crippen molar-refractivity contribution in [3.8, 4) is 33.4 Å². The largest absolute Gasteiger partial charge is 0.0622 e. The highest BCUT2D eigenvalue weighted by atomic mass is 14.3. The van der Waals surface area contributed by atoms with Crippen molar-refractivity contribution >= 4 is 53.9 Å². The van der Waals surface area contributed by atoms with Gasteiger partial charge in [-0.2, -0.15) is 0 Å². The van der Waals surface area contributed by atoms with Crippen LogP contribution in [-0.2, 0) is 5.41 Å². The molecule has 0 unspecified atom stereocenters. The van der Waals surface area contributed by atoms with Crippen molar-refractivity contribution in [2.75, 3.05) is 0 Å². The first-order valence-corrected chi connectivity index (χ1v) is 16.9. The first-order valence-electron chi connectivity index (χ1n) is 16.9. The number of rotatable bonds is 3. The minimum absolute atomic E-state index is 0.0827. The Morgan fingerprint density at radius 2 is 0.771 bits per heavy atom. The molecule has 0 spiro atoms. The van der Waals surface area contributed by atoms with Gasteiger partial charge in [0, 0.05) is 0 Å². The molecule has 9 aromatic rings. The van der Waals surface area contributed by atoms with Crippen LogP contribution in [0.4, 0.5) is 0 Å². The maximum Gasteiger partial charge on any atom is -0.000741 e. The highest BCUT2D eigenvalue weighted by Gasteiger charge is 2.24. The highest BCUT2D eigenvalue weighted by Crippen LogP contribution is 2.51. The molecule has 48 heavy (non-hydrogen) atoms. The second kappa shape index (κ2) is 10.9. The van der Waals surface area contributed by atoms with Crippen molar-refractivity contribution < 1.29 is 0 Å². The normalized spacial score (nSPS) is 12.1. The van der Waals surface area contributed by atoms with E-state index in [-0.39, 0.29) is 5.41 Å². The lowest BCUT2D eigenvalue weighted by Crippen LogP contribution is -2.10. The van der Waals surface area contributed by atoms with E-state index in [0.29, 0.717) is 0 Å². The SMILES string of the molecule is CC(C)(C)c1ccc(-c2c3ccccc3c(-c3cc4ccccc4cc3-c3ccccc3)c3c4ccccc4c4ccccc4c23)cc1. The number of hydrogen-bond donors (Lipinski definition) is 0. The molecule has 0 aromatic heterocycles. The lowest BCUT2D eigenvalue weighted by Gasteiger charge is -2.24. The molecule has 0 amide bonds. The molecule has 0 heterocycles. The predicted molar refractivity (Wildman–Crippen MR) is 209 cm³/mol. The van der Waals surface area contributed by atoms with E-state index < -0.39 is 0 Å². The summed E-state index contributed by atoms with van der Waals surface area (Å²) in [7, 11) is 0. The molecule has 9 rings (SSSR count). The van der Waals surface area contributed by atoms with Gasteiger partial charge in [0.05, 0.1) is 0 Å². The zero-order valence-corrected chi connectivity index (χ0v) is 27.6. The molecule has 228 valence electrons. The molecule has 0 aliphatic heterocycles. The molecule has 0 saturated carbocycles. The molecule has 9 aromatic carbocycles. The predicted octanol–water partition coefficient (Wildman–Crippen LogP) is 13.8. The fraction of sp³-hybridized carbons (Fsp3) is 0.0833. The highest BCUT2D eigenvalue weighted by molar-refractivity contribution is 6.37. The second-order valence-corrected chi connectivity index (χ2v) is 14.1. The monoisotopic (exact) mass is 612 g/mol. The van der Waals surface area contributed by atoms with E-state index in [0.717, 1.165) is 0 Å². The summed E-state index contributed by atoms with van der Waals surface area (Å²) in [6.45, 7) is 6.86. The van der Waals surface area contributed by atoms with Gasteiger partial charge in [-0.25, -0.2) is 0 Å². The Kier molecular flexibility index (Phi) is 6.49. The summed E-state index contributed by atoms with van der Waals surface area (Å²) < 4.78 is 0. The summed E-state index contributed by atoms with van der Waals surface area (Å²) in [5, 5.41) is 12.8. The zero-order chi connectivity index (χ0) is 32.4. The van der Waals surface area contributed by atoms with Gasteiger partial charge in [0.2, 0.25) is 0 Å². The quantitative estimate of drug-likeness (QED) is 0.138. The van der Waals surface area contributed by atoms with Crippen molar-refractivity contribution in [3.63, 3.8) is 0 Å². The maximum absolute atomic E-state index is 2.43. The minimum atomic E-state index is 0.0827. The number of hydrogen-bond acceptors (Lipinski definition) is 0. The molecule has 0 saturated heterocycles. The lowest BCUT2D eigenvalue weighted by molar-refractivity contribution is 0.590. The first-order chi connectivity index (χ1) is 23.5. The van der Waals surface area contributed by atoms with Crippen LogP contribution in [0.15, 0.2) is 164 Å². The van der Waals surface area contributed by atoms with Crippen molar-refractivity contribution in [2.45, 2.75) is 26.2 Å². The van der Waals surface area contributed by atoms with E-state index in [1.54, 1.807) is 0 Å². The van der Waals surface area contributed by atoms with Gasteiger partial charge >= 0.3 is 0 Å². The Morgan fingerprint density at radius 1 is 0.333 bits per heavy atom. The summed E-state index contributed by atoms with van der Waals surface area (Å²) in [6, 6.07) is 60.9. The third kappa shape index (κ3) is 4.44. The van der Waals surface area contributed by atoms with Gasteiger partial charge in [0.25, 0.3) is 0 Å². The van der Waals surface area contributed by atoms with Crippen LogP contribution in [0.5, 0.6) is 0 Å². The molecule has 0 aliphatic rings. The van der Waals surface area contributed by atoms with E-state index in [9.17, 15) is 0 Å². The Labute approximate surface area is 281 Å². The summed E-state index contributed by atoms with van der Waals surface area (Å²) >= 11 is 0. The van der Waals surface area contributed by atoms with Gasteiger partial charge in [-0.3, -0.25) is 0 Å². The zero-order valence-electron chi connectivity index (χ0n) is 27.6. The van der Waals surface area contributed by atoms with Crippen molar-refractivity contribution in [2.24, 2.45) is 0 Å². The number of benzene rings is 9. The third-order valence-corrected chi connectivity index (χ3v) is 10.2. The summed E-state index contributed by atoms with van der Waals surface area (Å²) in [5.41, 5.74) is 9.00. The van der Waals surface area contributed by atoms with E-state index >= 15 is 0 Å². The van der Waals surface area contributed by atoms with Gasteiger partial charge < -0.3 is 0 Å². The fourth-order valence-electron chi connectivity index (χ4n) is 7.87. The molecule has 0 atom stereocenters. The summed E-state index contributed by atoms with van der Waals surface area (Å²) in [4.78, 5) is 0. The van der Waals surface area contributed by atoms with Gasteiger partial charge in [-0.05, 0) is 110 Å². The van der Waals surface area contributed by atoms with Crippen molar-refractivity contribution in [1.82, 2.24) is 0 Å². The molecule has 0 fully saturated rings. The topological polar surface area (TPSA) is 0 Å². The van der Waals surface area contributed by atoms with Crippen molar-refractivity contribution in [1.29, 1.82) is 0 Å². The van der Waals surface area contributed by atoms with Crippen LogP contribution in [0.1, 0.15) is 26.3 Å². The maximum atomic E-state index is 2.43. The molecular formula is C48H36. The third-order valence-electron chi connectivity index (χ3n) is 10.2. The van der Waals surface area contributed by atoms with Crippen LogP contribution in [0.25, 0.3) is 87.2 Å². The summed E-state index contributed by atoms with van der Waals surface area (Å²) in [5.74, 6) is 0. The van der Waals surface area contributed by atoms with Crippen LogP contribution in [-0.4, -0.2) is 0 Å². The van der Waals surface area contributed by atoms with Crippen molar-refractivity contribution in [3.05, 3.63) is 169 Å². The van der Waals surface area contributed by atoms with Crippen LogP contribution < -0.4 is 0 Å². The smallest absolute Gasteiger partial charge is 0.000741 e. The Balaban J connectivity index is 1.55. The standard InChI is InChI=1S/C48H36/c1-48(2,3)35-27-25-32(26-28-35)44-40-23-13-14-24-41(40)45(47-39-22-12-10-20-37(39)36-19-9-11-21-38(36)46(44)47)43-30-34-18-8-7-17-33(34)29-42(43)31-15-5-4-6-16-31/h4-30H,1-3H3. The van der Waals surface area contributed by atoms with Gasteiger partial charge in [0.1, 0.15) is 0 Å². The van der Waals surface area contributed by atoms with Crippen LogP contribution >= 0.6 is 0 Å². The molecule has 0 N–H and O–H groups in total. The molecule has 0 radical (unpaired) electrons.